The molecule has 6 heteroatoms. The van der Waals surface area contributed by atoms with Gasteiger partial charge in [-0.3, -0.25) is 0 Å². The van der Waals surface area contributed by atoms with Crippen molar-refractivity contribution in [3.8, 4) is 11.8 Å². The number of hydrogen-bond acceptors (Lipinski definition) is 6. The van der Waals surface area contributed by atoms with Crippen LogP contribution in [0.1, 0.15) is 18.9 Å². The lowest BCUT2D eigenvalue weighted by molar-refractivity contribution is 0.105. The van der Waals surface area contributed by atoms with E-state index in [9.17, 15) is 0 Å². The van der Waals surface area contributed by atoms with Crippen LogP contribution in [0.25, 0.3) is 0 Å². The topological polar surface area (TPSA) is 65.5 Å². The Labute approximate surface area is 113 Å². The average molecular weight is 267 g/mol. The molecule has 1 aliphatic heterocycles. The van der Waals surface area contributed by atoms with Crippen LogP contribution in [0, 0.1) is 5.92 Å². The molecular formula is C13H21N3O3. The van der Waals surface area contributed by atoms with Gasteiger partial charge in [0.15, 0.2) is 0 Å². The van der Waals surface area contributed by atoms with Crippen LogP contribution in [0.4, 0.5) is 0 Å². The predicted molar refractivity (Wildman–Crippen MR) is 70.4 cm³/mol. The molecule has 1 saturated heterocycles. The van der Waals surface area contributed by atoms with Gasteiger partial charge in [-0.05, 0) is 19.3 Å². The van der Waals surface area contributed by atoms with E-state index in [0.29, 0.717) is 30.3 Å². The highest BCUT2D eigenvalue weighted by molar-refractivity contribution is 5.34. The van der Waals surface area contributed by atoms with Gasteiger partial charge in [0.1, 0.15) is 6.33 Å². The summed E-state index contributed by atoms with van der Waals surface area (Å²) in [6.07, 6.45) is 2.87. The van der Waals surface area contributed by atoms with Crippen LogP contribution >= 0.6 is 0 Å². The standard InChI is InChI=1S/C13H21N3O3/c1-9-10(4-5-19-9)6-14-7-11-12(17-2)15-8-16-13(11)18-3/h8-10,14H,4-7H2,1-3H3. The molecule has 2 unspecified atom stereocenters. The minimum absolute atomic E-state index is 0.323. The summed E-state index contributed by atoms with van der Waals surface area (Å²) in [6, 6.07) is 0. The van der Waals surface area contributed by atoms with Gasteiger partial charge in [0, 0.05) is 19.7 Å². The molecule has 1 aromatic heterocycles. The van der Waals surface area contributed by atoms with Gasteiger partial charge in [0.2, 0.25) is 11.8 Å². The first kappa shape index (κ1) is 14.0. The van der Waals surface area contributed by atoms with Gasteiger partial charge in [0.05, 0.1) is 25.9 Å². The van der Waals surface area contributed by atoms with Crippen LogP contribution in [-0.2, 0) is 11.3 Å². The Morgan fingerprint density at radius 1 is 1.32 bits per heavy atom. The maximum absolute atomic E-state index is 5.54. The summed E-state index contributed by atoms with van der Waals surface area (Å²) >= 11 is 0. The highest BCUT2D eigenvalue weighted by Gasteiger charge is 2.24. The molecule has 2 heterocycles. The van der Waals surface area contributed by atoms with Gasteiger partial charge in [-0.1, -0.05) is 0 Å². The number of hydrogen-bond donors (Lipinski definition) is 1. The van der Waals surface area contributed by atoms with Crippen LogP contribution in [0.15, 0.2) is 6.33 Å². The number of nitrogens with zero attached hydrogens (tertiary/aromatic N) is 2. The fourth-order valence-electron chi connectivity index (χ4n) is 2.31. The summed E-state index contributed by atoms with van der Waals surface area (Å²) in [7, 11) is 3.19. The van der Waals surface area contributed by atoms with Crippen molar-refractivity contribution in [2.75, 3.05) is 27.4 Å². The van der Waals surface area contributed by atoms with Crippen LogP contribution in [0.5, 0.6) is 11.8 Å². The predicted octanol–water partition coefficient (Wildman–Crippen LogP) is 1.01. The van der Waals surface area contributed by atoms with Crippen molar-refractivity contribution in [2.45, 2.75) is 26.0 Å². The maximum Gasteiger partial charge on any atom is 0.224 e. The number of nitrogens with one attached hydrogen (secondary N) is 1. The second kappa shape index (κ2) is 6.68. The van der Waals surface area contributed by atoms with Gasteiger partial charge in [-0.25, -0.2) is 9.97 Å². The molecule has 2 atom stereocenters. The van der Waals surface area contributed by atoms with E-state index in [4.69, 9.17) is 14.2 Å². The van der Waals surface area contributed by atoms with Gasteiger partial charge in [-0.2, -0.15) is 0 Å². The first-order valence-electron chi connectivity index (χ1n) is 6.50. The fourth-order valence-corrected chi connectivity index (χ4v) is 2.31. The molecule has 1 fully saturated rings. The highest BCUT2D eigenvalue weighted by atomic mass is 16.5. The third kappa shape index (κ3) is 3.33. The second-order valence-electron chi connectivity index (χ2n) is 4.63. The summed E-state index contributed by atoms with van der Waals surface area (Å²) in [4.78, 5) is 8.19. The van der Waals surface area contributed by atoms with E-state index in [-0.39, 0.29) is 0 Å². The van der Waals surface area contributed by atoms with Crippen molar-refractivity contribution in [3.05, 3.63) is 11.9 Å². The molecule has 106 valence electrons. The van der Waals surface area contributed by atoms with Gasteiger partial charge in [-0.15, -0.1) is 0 Å². The van der Waals surface area contributed by atoms with E-state index in [2.05, 4.69) is 22.2 Å². The smallest absolute Gasteiger partial charge is 0.224 e. The van der Waals surface area contributed by atoms with E-state index < -0.39 is 0 Å². The molecule has 1 N–H and O–H groups in total. The third-order valence-corrected chi connectivity index (χ3v) is 3.49. The molecule has 1 aliphatic rings. The van der Waals surface area contributed by atoms with Gasteiger partial charge < -0.3 is 19.5 Å². The Morgan fingerprint density at radius 3 is 2.53 bits per heavy atom. The fraction of sp³-hybridized carbons (Fsp3) is 0.692. The number of rotatable bonds is 6. The monoisotopic (exact) mass is 267 g/mol. The zero-order valence-corrected chi connectivity index (χ0v) is 11.7. The van der Waals surface area contributed by atoms with E-state index in [1.54, 1.807) is 14.2 Å². The second-order valence-corrected chi connectivity index (χ2v) is 4.63. The van der Waals surface area contributed by atoms with Crippen LogP contribution in [0.2, 0.25) is 0 Å². The summed E-state index contributed by atoms with van der Waals surface area (Å²) in [6.45, 7) is 4.50. The lowest BCUT2D eigenvalue weighted by Crippen LogP contribution is -2.27. The van der Waals surface area contributed by atoms with Crippen molar-refractivity contribution in [1.29, 1.82) is 0 Å². The molecule has 0 amide bonds. The molecule has 0 bridgehead atoms. The average Bonchev–Trinajstić information content (AvgIpc) is 2.84. The Kier molecular flexibility index (Phi) is 4.93. The normalized spacial score (nSPS) is 22.5. The molecule has 6 nitrogen and oxygen atoms in total. The Balaban J connectivity index is 1.94. The Bertz CT molecular complexity index is 392. The van der Waals surface area contributed by atoms with Crippen molar-refractivity contribution in [2.24, 2.45) is 5.92 Å². The van der Waals surface area contributed by atoms with Crippen LogP contribution in [0.3, 0.4) is 0 Å². The Morgan fingerprint density at radius 2 is 2.00 bits per heavy atom. The molecule has 0 spiro atoms. The van der Waals surface area contributed by atoms with E-state index >= 15 is 0 Å². The van der Waals surface area contributed by atoms with E-state index in [1.165, 1.54) is 6.33 Å². The molecular weight excluding hydrogens is 246 g/mol. The van der Waals surface area contributed by atoms with E-state index in [1.807, 2.05) is 0 Å². The zero-order valence-electron chi connectivity index (χ0n) is 11.7. The Hall–Kier alpha value is -1.40. The molecule has 19 heavy (non-hydrogen) atoms. The van der Waals surface area contributed by atoms with Crippen molar-refractivity contribution in [1.82, 2.24) is 15.3 Å². The molecule has 0 aromatic carbocycles. The first-order valence-corrected chi connectivity index (χ1v) is 6.50. The van der Waals surface area contributed by atoms with E-state index in [0.717, 1.165) is 25.1 Å². The van der Waals surface area contributed by atoms with Crippen LogP contribution in [-0.4, -0.2) is 43.4 Å². The SMILES string of the molecule is COc1ncnc(OC)c1CNCC1CCOC1C. The number of ether oxygens (including phenoxy) is 3. The quantitative estimate of drug-likeness (QED) is 0.829. The maximum atomic E-state index is 5.54. The van der Waals surface area contributed by atoms with Crippen molar-refractivity contribution >= 4 is 0 Å². The molecule has 2 rings (SSSR count). The summed E-state index contributed by atoms with van der Waals surface area (Å²) in [5, 5.41) is 3.40. The summed E-state index contributed by atoms with van der Waals surface area (Å²) < 4.78 is 16.0. The number of methoxy groups -OCH3 is 2. The minimum Gasteiger partial charge on any atom is -0.481 e. The largest absolute Gasteiger partial charge is 0.481 e. The first-order chi connectivity index (χ1) is 9.26. The molecule has 0 saturated carbocycles. The zero-order chi connectivity index (χ0) is 13.7. The van der Waals surface area contributed by atoms with Crippen LogP contribution < -0.4 is 14.8 Å². The third-order valence-electron chi connectivity index (χ3n) is 3.49. The lowest BCUT2D eigenvalue weighted by atomic mass is 10.0. The molecule has 0 radical (unpaired) electrons. The summed E-state index contributed by atoms with van der Waals surface area (Å²) in [5.74, 6) is 1.66. The van der Waals surface area contributed by atoms with Crippen molar-refractivity contribution < 1.29 is 14.2 Å². The van der Waals surface area contributed by atoms with Gasteiger partial charge in [0.25, 0.3) is 0 Å². The highest BCUT2D eigenvalue weighted by Crippen LogP contribution is 2.24. The molecule has 0 aliphatic carbocycles. The summed E-state index contributed by atoms with van der Waals surface area (Å²) in [5.41, 5.74) is 0.846. The lowest BCUT2D eigenvalue weighted by Gasteiger charge is -2.16. The minimum atomic E-state index is 0.323. The van der Waals surface area contributed by atoms with Gasteiger partial charge >= 0.3 is 0 Å². The number of aromatic nitrogens is 2. The van der Waals surface area contributed by atoms with Crippen molar-refractivity contribution in [3.63, 3.8) is 0 Å². The molecule has 1 aromatic rings.